The lowest BCUT2D eigenvalue weighted by atomic mass is 9.92. The van der Waals surface area contributed by atoms with Gasteiger partial charge in [0.1, 0.15) is 5.54 Å². The fourth-order valence-electron chi connectivity index (χ4n) is 3.79. The van der Waals surface area contributed by atoms with Crippen LogP contribution >= 0.6 is 0 Å². The van der Waals surface area contributed by atoms with Crippen molar-refractivity contribution in [1.29, 1.82) is 5.26 Å². The van der Waals surface area contributed by atoms with E-state index in [2.05, 4.69) is 4.98 Å². The molecular formula is C21H20F2N4O2. The van der Waals surface area contributed by atoms with E-state index in [4.69, 9.17) is 5.73 Å². The lowest BCUT2D eigenvalue weighted by Gasteiger charge is -2.30. The van der Waals surface area contributed by atoms with Crippen LogP contribution < -0.4 is 5.73 Å². The molecule has 2 aromatic rings. The highest BCUT2D eigenvalue weighted by Gasteiger charge is 2.56. The van der Waals surface area contributed by atoms with E-state index >= 15 is 0 Å². The third-order valence-electron chi connectivity index (χ3n) is 5.23. The van der Waals surface area contributed by atoms with E-state index in [0.717, 1.165) is 4.90 Å². The Morgan fingerprint density at radius 1 is 1.28 bits per heavy atom. The van der Waals surface area contributed by atoms with Gasteiger partial charge in [-0.1, -0.05) is 37.3 Å². The molecule has 2 heterocycles. The van der Waals surface area contributed by atoms with Gasteiger partial charge in [0.05, 0.1) is 30.3 Å². The number of halogens is 2. The molecule has 3 rings (SSSR count). The zero-order valence-corrected chi connectivity index (χ0v) is 15.9. The molecule has 0 bridgehead atoms. The Morgan fingerprint density at radius 3 is 2.55 bits per heavy atom. The molecule has 6 nitrogen and oxygen atoms in total. The summed E-state index contributed by atoms with van der Waals surface area (Å²) in [6.07, 6.45) is 0.417. The second-order valence-electron chi connectivity index (χ2n) is 7.10. The van der Waals surface area contributed by atoms with Crippen molar-refractivity contribution >= 4 is 11.8 Å². The Kier molecular flexibility index (Phi) is 5.33. The minimum Gasteiger partial charge on any atom is -0.366 e. The number of rotatable bonds is 5. The normalized spacial score (nSPS) is 20.3. The van der Waals surface area contributed by atoms with Crippen LogP contribution in [0.5, 0.6) is 0 Å². The molecular weight excluding hydrogens is 378 g/mol. The molecule has 1 fully saturated rings. The molecule has 1 saturated heterocycles. The number of carbonyl (C=O) groups is 2. The van der Waals surface area contributed by atoms with Crippen molar-refractivity contribution in [1.82, 2.24) is 9.88 Å². The van der Waals surface area contributed by atoms with Crippen LogP contribution in [0.1, 0.15) is 35.8 Å². The van der Waals surface area contributed by atoms with Gasteiger partial charge in [-0.15, -0.1) is 0 Å². The van der Waals surface area contributed by atoms with Crippen molar-refractivity contribution in [3.8, 4) is 17.2 Å². The minimum absolute atomic E-state index is 0.0884. The molecule has 1 atom stereocenters. The first-order valence-corrected chi connectivity index (χ1v) is 9.15. The maximum Gasteiger partial charge on any atom is 0.268 e. The smallest absolute Gasteiger partial charge is 0.268 e. The van der Waals surface area contributed by atoms with E-state index in [1.807, 2.05) is 6.07 Å². The topological polar surface area (TPSA) is 100 Å². The highest BCUT2D eigenvalue weighted by Crippen LogP contribution is 2.41. The van der Waals surface area contributed by atoms with Gasteiger partial charge < -0.3 is 10.6 Å². The van der Waals surface area contributed by atoms with Gasteiger partial charge in [-0.2, -0.15) is 5.26 Å². The van der Waals surface area contributed by atoms with Crippen molar-refractivity contribution in [2.75, 3.05) is 6.54 Å². The minimum atomic E-state index is -3.13. The molecule has 2 amide bonds. The highest BCUT2D eigenvalue weighted by molar-refractivity contribution is 6.01. The van der Waals surface area contributed by atoms with Crippen LogP contribution in [0.2, 0.25) is 0 Å². The number of nitriles is 1. The van der Waals surface area contributed by atoms with Crippen molar-refractivity contribution in [2.45, 2.75) is 37.6 Å². The van der Waals surface area contributed by atoms with Crippen LogP contribution in [0, 0.1) is 11.3 Å². The Hall–Kier alpha value is -3.34. The number of pyridine rings is 1. The number of benzene rings is 1. The van der Waals surface area contributed by atoms with Gasteiger partial charge >= 0.3 is 0 Å². The quantitative estimate of drug-likeness (QED) is 0.837. The lowest BCUT2D eigenvalue weighted by Crippen LogP contribution is -2.46. The van der Waals surface area contributed by atoms with Gasteiger partial charge in [0.25, 0.3) is 5.92 Å². The Labute approximate surface area is 166 Å². The predicted octanol–water partition coefficient (Wildman–Crippen LogP) is 2.93. The largest absolute Gasteiger partial charge is 0.366 e. The van der Waals surface area contributed by atoms with Gasteiger partial charge in [-0.3, -0.25) is 14.6 Å². The van der Waals surface area contributed by atoms with E-state index in [1.54, 1.807) is 37.3 Å². The first-order chi connectivity index (χ1) is 13.7. The SMILES string of the molecule is CC[C@]1(C#N)CC(F)(F)CN1C(=O)Cc1nccc(C(N)=O)c1-c1ccccc1. The van der Waals surface area contributed by atoms with Gasteiger partial charge in [0.2, 0.25) is 11.8 Å². The van der Waals surface area contributed by atoms with Crippen molar-refractivity contribution < 1.29 is 18.4 Å². The zero-order chi connectivity index (χ0) is 21.2. The third kappa shape index (κ3) is 3.81. The summed E-state index contributed by atoms with van der Waals surface area (Å²) in [7, 11) is 0. The molecule has 0 radical (unpaired) electrons. The van der Waals surface area contributed by atoms with Crippen LogP contribution in [0.3, 0.4) is 0 Å². The predicted molar refractivity (Wildman–Crippen MR) is 102 cm³/mol. The van der Waals surface area contributed by atoms with E-state index in [1.165, 1.54) is 12.3 Å². The molecule has 150 valence electrons. The summed E-state index contributed by atoms with van der Waals surface area (Å²) in [6, 6.07) is 12.2. The summed E-state index contributed by atoms with van der Waals surface area (Å²) >= 11 is 0. The molecule has 0 spiro atoms. The Balaban J connectivity index is 2.03. The van der Waals surface area contributed by atoms with Gasteiger partial charge in [0.15, 0.2) is 0 Å². The summed E-state index contributed by atoms with van der Waals surface area (Å²) < 4.78 is 28.1. The summed E-state index contributed by atoms with van der Waals surface area (Å²) in [4.78, 5) is 30.1. The van der Waals surface area contributed by atoms with Gasteiger partial charge in [0, 0.05) is 18.2 Å². The number of carbonyl (C=O) groups excluding carboxylic acids is 2. The number of likely N-dealkylation sites (tertiary alicyclic amines) is 1. The maximum absolute atomic E-state index is 14.1. The van der Waals surface area contributed by atoms with Gasteiger partial charge in [-0.05, 0) is 18.1 Å². The summed E-state index contributed by atoms with van der Waals surface area (Å²) in [5.41, 5.74) is 5.38. The molecule has 29 heavy (non-hydrogen) atoms. The Bertz CT molecular complexity index is 988. The molecule has 8 heteroatoms. The average molecular weight is 398 g/mol. The first kappa shape index (κ1) is 20.4. The fraction of sp³-hybridized carbons (Fsp3) is 0.333. The van der Waals surface area contributed by atoms with E-state index < -0.39 is 36.2 Å². The number of primary amides is 1. The number of hydrogen-bond donors (Lipinski definition) is 1. The average Bonchev–Trinajstić information content (AvgIpc) is 3.00. The standard InChI is InChI=1S/C21H20F2N4O2/c1-2-20(12-24)11-21(22,23)13-27(20)17(28)10-16-18(14-6-4-3-5-7-14)15(19(25)29)8-9-26-16/h3-9H,2,10-11,13H2,1H3,(H2,25,29)/t20-/m1/s1. The first-order valence-electron chi connectivity index (χ1n) is 9.15. The van der Waals surface area contributed by atoms with Crippen molar-refractivity contribution in [3.63, 3.8) is 0 Å². The monoisotopic (exact) mass is 398 g/mol. The highest BCUT2D eigenvalue weighted by atomic mass is 19.3. The van der Waals surface area contributed by atoms with E-state index in [-0.39, 0.29) is 24.1 Å². The summed E-state index contributed by atoms with van der Waals surface area (Å²) in [5.74, 6) is -4.46. The lowest BCUT2D eigenvalue weighted by molar-refractivity contribution is -0.134. The molecule has 1 aromatic heterocycles. The van der Waals surface area contributed by atoms with Crippen LogP contribution in [0.25, 0.3) is 11.1 Å². The zero-order valence-electron chi connectivity index (χ0n) is 15.9. The van der Waals surface area contributed by atoms with E-state index in [9.17, 15) is 23.6 Å². The molecule has 0 unspecified atom stereocenters. The number of hydrogen-bond acceptors (Lipinski definition) is 4. The van der Waals surface area contributed by atoms with Crippen LogP contribution in [-0.2, 0) is 11.2 Å². The third-order valence-corrected chi connectivity index (χ3v) is 5.23. The summed E-state index contributed by atoms with van der Waals surface area (Å²) in [5, 5.41) is 9.53. The molecule has 1 aromatic carbocycles. The van der Waals surface area contributed by atoms with Gasteiger partial charge in [-0.25, -0.2) is 8.78 Å². The number of alkyl halides is 2. The number of aromatic nitrogens is 1. The van der Waals surface area contributed by atoms with Crippen molar-refractivity contribution in [3.05, 3.63) is 53.9 Å². The summed E-state index contributed by atoms with van der Waals surface area (Å²) in [6.45, 7) is 0.787. The second kappa shape index (κ2) is 7.59. The van der Waals surface area contributed by atoms with Crippen molar-refractivity contribution in [2.24, 2.45) is 5.73 Å². The number of amides is 2. The molecule has 1 aliphatic rings. The Morgan fingerprint density at radius 2 is 1.97 bits per heavy atom. The van der Waals surface area contributed by atoms with Crippen LogP contribution in [-0.4, -0.2) is 39.7 Å². The molecule has 0 saturated carbocycles. The van der Waals surface area contributed by atoms with Crippen LogP contribution in [0.15, 0.2) is 42.6 Å². The molecule has 0 aliphatic carbocycles. The van der Waals surface area contributed by atoms with E-state index in [0.29, 0.717) is 11.1 Å². The second-order valence-corrected chi connectivity index (χ2v) is 7.10. The number of nitrogens with zero attached hydrogens (tertiary/aromatic N) is 3. The van der Waals surface area contributed by atoms with Crippen LogP contribution in [0.4, 0.5) is 8.78 Å². The fourth-order valence-corrected chi connectivity index (χ4v) is 3.79. The maximum atomic E-state index is 14.1. The number of nitrogens with two attached hydrogens (primary N) is 1. The molecule has 2 N–H and O–H groups in total. The molecule has 1 aliphatic heterocycles.